The Hall–Kier alpha value is -1.82. The molecule has 0 spiro atoms. The van der Waals surface area contributed by atoms with Gasteiger partial charge < -0.3 is 5.32 Å². The maximum Gasteiger partial charge on any atom is 0.233 e. The molecule has 140 valence electrons. The third-order valence-electron chi connectivity index (χ3n) is 5.19. The summed E-state index contributed by atoms with van der Waals surface area (Å²) in [5.74, 6) is 1.38. The molecule has 1 aromatic carbocycles. The van der Waals surface area contributed by atoms with Gasteiger partial charge in [-0.15, -0.1) is 5.10 Å². The summed E-state index contributed by atoms with van der Waals surface area (Å²) in [4.78, 5) is 17.0. The van der Waals surface area contributed by atoms with Crippen LogP contribution in [0, 0.1) is 5.92 Å². The van der Waals surface area contributed by atoms with E-state index in [1.54, 1.807) is 0 Å². The van der Waals surface area contributed by atoms with Crippen LogP contribution in [-0.2, 0) is 11.2 Å². The fourth-order valence-electron chi connectivity index (χ4n) is 3.37. The van der Waals surface area contributed by atoms with Gasteiger partial charge in [0.1, 0.15) is 0 Å². The summed E-state index contributed by atoms with van der Waals surface area (Å²) >= 11 is 1.40. The van der Waals surface area contributed by atoms with Gasteiger partial charge in [0.15, 0.2) is 5.82 Å². The van der Waals surface area contributed by atoms with Gasteiger partial charge in [0.2, 0.25) is 11.1 Å². The van der Waals surface area contributed by atoms with Gasteiger partial charge in [0.05, 0.1) is 5.25 Å². The Morgan fingerprint density at radius 2 is 2.04 bits per heavy atom. The van der Waals surface area contributed by atoms with E-state index in [0.29, 0.717) is 17.1 Å². The molecule has 1 aromatic heterocycles. The Bertz CT molecular complexity index is 728. The Morgan fingerprint density at radius 1 is 1.31 bits per heavy atom. The van der Waals surface area contributed by atoms with E-state index in [1.165, 1.54) is 36.6 Å². The minimum atomic E-state index is -0.213. The number of thioether (sulfide) groups is 1. The fourth-order valence-corrected chi connectivity index (χ4v) is 4.10. The maximum atomic E-state index is 12.5. The molecule has 1 saturated carbocycles. The van der Waals surface area contributed by atoms with Crippen LogP contribution in [0.2, 0.25) is 0 Å². The summed E-state index contributed by atoms with van der Waals surface area (Å²) in [7, 11) is 0. The molecule has 0 saturated heterocycles. The van der Waals surface area contributed by atoms with Crippen LogP contribution in [0.25, 0.3) is 11.4 Å². The molecule has 0 radical (unpaired) electrons. The van der Waals surface area contributed by atoms with E-state index in [0.717, 1.165) is 24.2 Å². The highest BCUT2D eigenvalue weighted by atomic mass is 32.2. The van der Waals surface area contributed by atoms with Crippen LogP contribution in [0.15, 0.2) is 29.4 Å². The molecule has 0 bridgehead atoms. The Morgan fingerprint density at radius 3 is 2.73 bits per heavy atom. The third-order valence-corrected chi connectivity index (χ3v) is 6.15. The fraction of sp³-hybridized carbons (Fsp3) is 0.550. The molecule has 26 heavy (non-hydrogen) atoms. The largest absolute Gasteiger partial charge is 0.352 e. The minimum Gasteiger partial charge on any atom is -0.352 e. The minimum absolute atomic E-state index is 0.0763. The molecule has 3 atom stereocenters. The van der Waals surface area contributed by atoms with Gasteiger partial charge in [-0.3, -0.25) is 9.89 Å². The molecule has 0 aliphatic heterocycles. The second kappa shape index (κ2) is 8.71. The highest BCUT2D eigenvalue weighted by molar-refractivity contribution is 8.00. The van der Waals surface area contributed by atoms with Crippen molar-refractivity contribution < 1.29 is 4.79 Å². The van der Waals surface area contributed by atoms with E-state index in [1.807, 2.05) is 19.1 Å². The number of nitrogens with zero attached hydrogens (tertiary/aromatic N) is 2. The molecule has 2 N–H and O–H groups in total. The van der Waals surface area contributed by atoms with Crippen LogP contribution >= 0.6 is 11.8 Å². The summed E-state index contributed by atoms with van der Waals surface area (Å²) in [5.41, 5.74) is 2.31. The average Bonchev–Trinajstić information content (AvgIpc) is 3.12. The number of aromatic nitrogens is 3. The standard InChI is InChI=1S/C20H28N4OS/c1-4-15-9-11-16(12-10-15)18-22-20(24-23-18)26-14(3)19(25)21-17-8-6-5-7-13(17)2/h9-14,17H,4-8H2,1-3H3,(H,21,25)(H,22,23,24)/t13-,14-,17-/m0/s1. The number of benzene rings is 1. The van der Waals surface area contributed by atoms with E-state index in [-0.39, 0.29) is 11.2 Å². The number of carbonyl (C=O) groups excluding carboxylic acids is 1. The number of carbonyl (C=O) groups is 1. The zero-order chi connectivity index (χ0) is 18.5. The SMILES string of the molecule is CCc1ccc(-c2nc(S[C@@H](C)C(=O)N[C@H]3CCCC[C@@H]3C)n[nH]2)cc1. The number of aryl methyl sites for hydroxylation is 1. The molecule has 5 nitrogen and oxygen atoms in total. The Kier molecular flexibility index (Phi) is 6.35. The molecule has 1 fully saturated rings. The van der Waals surface area contributed by atoms with Gasteiger partial charge in [0.25, 0.3) is 0 Å². The topological polar surface area (TPSA) is 70.7 Å². The first-order valence-electron chi connectivity index (χ1n) is 9.55. The molecule has 1 heterocycles. The van der Waals surface area contributed by atoms with Crippen molar-refractivity contribution in [3.63, 3.8) is 0 Å². The van der Waals surface area contributed by atoms with Crippen LogP contribution in [0.1, 0.15) is 52.0 Å². The van der Waals surface area contributed by atoms with Crippen molar-refractivity contribution in [1.82, 2.24) is 20.5 Å². The summed E-state index contributed by atoms with van der Waals surface area (Å²) in [6.07, 6.45) is 5.79. The summed E-state index contributed by atoms with van der Waals surface area (Å²) in [6, 6.07) is 8.61. The van der Waals surface area contributed by atoms with Crippen LogP contribution in [0.5, 0.6) is 0 Å². The van der Waals surface area contributed by atoms with E-state index < -0.39 is 0 Å². The predicted octanol–water partition coefficient (Wildman–Crippen LogP) is 4.21. The molecule has 0 unspecified atom stereocenters. The van der Waals surface area contributed by atoms with Gasteiger partial charge in [-0.2, -0.15) is 0 Å². The van der Waals surface area contributed by atoms with E-state index in [9.17, 15) is 4.79 Å². The van der Waals surface area contributed by atoms with Crippen molar-refractivity contribution in [2.75, 3.05) is 0 Å². The zero-order valence-electron chi connectivity index (χ0n) is 15.8. The first kappa shape index (κ1) is 19.0. The number of aromatic amines is 1. The number of hydrogen-bond donors (Lipinski definition) is 2. The number of nitrogens with one attached hydrogen (secondary N) is 2. The number of amides is 1. The highest BCUT2D eigenvalue weighted by Gasteiger charge is 2.25. The van der Waals surface area contributed by atoms with Crippen molar-refractivity contribution in [2.45, 2.75) is 69.3 Å². The maximum absolute atomic E-state index is 12.5. The number of H-pyrrole nitrogens is 1. The smallest absolute Gasteiger partial charge is 0.233 e. The van der Waals surface area contributed by atoms with Crippen molar-refractivity contribution >= 4 is 17.7 Å². The third kappa shape index (κ3) is 4.67. The lowest BCUT2D eigenvalue weighted by Gasteiger charge is -2.30. The van der Waals surface area contributed by atoms with Gasteiger partial charge in [-0.25, -0.2) is 4.98 Å². The highest BCUT2D eigenvalue weighted by Crippen LogP contribution is 2.26. The van der Waals surface area contributed by atoms with Crippen molar-refractivity contribution in [3.05, 3.63) is 29.8 Å². The van der Waals surface area contributed by atoms with Crippen LogP contribution < -0.4 is 5.32 Å². The van der Waals surface area contributed by atoms with Gasteiger partial charge in [0, 0.05) is 11.6 Å². The van der Waals surface area contributed by atoms with E-state index >= 15 is 0 Å². The van der Waals surface area contributed by atoms with Gasteiger partial charge in [-0.1, -0.05) is 62.7 Å². The van der Waals surface area contributed by atoms with Gasteiger partial charge in [-0.05, 0) is 37.7 Å². The first-order valence-corrected chi connectivity index (χ1v) is 10.4. The predicted molar refractivity (Wildman–Crippen MR) is 106 cm³/mol. The van der Waals surface area contributed by atoms with Gasteiger partial charge >= 0.3 is 0 Å². The molecule has 6 heteroatoms. The van der Waals surface area contributed by atoms with Crippen molar-refractivity contribution in [3.8, 4) is 11.4 Å². The number of rotatable bonds is 6. The molecule has 1 amide bonds. The average molecular weight is 373 g/mol. The monoisotopic (exact) mass is 372 g/mol. The van der Waals surface area contributed by atoms with Crippen LogP contribution in [0.3, 0.4) is 0 Å². The quantitative estimate of drug-likeness (QED) is 0.745. The molecule has 3 rings (SSSR count). The van der Waals surface area contributed by atoms with Crippen molar-refractivity contribution in [1.29, 1.82) is 0 Å². The molecular formula is C20H28N4OS. The molecular weight excluding hydrogens is 344 g/mol. The van der Waals surface area contributed by atoms with E-state index in [4.69, 9.17) is 0 Å². The lowest BCUT2D eigenvalue weighted by Crippen LogP contribution is -2.44. The zero-order valence-corrected chi connectivity index (χ0v) is 16.6. The Labute approximate surface area is 159 Å². The van der Waals surface area contributed by atoms with Crippen LogP contribution in [0.4, 0.5) is 0 Å². The Balaban J connectivity index is 1.58. The molecule has 1 aliphatic rings. The second-order valence-corrected chi connectivity index (χ2v) is 8.46. The lowest BCUT2D eigenvalue weighted by atomic mass is 9.86. The second-order valence-electron chi connectivity index (χ2n) is 7.15. The summed E-state index contributed by atoms with van der Waals surface area (Å²) in [5, 5.41) is 10.9. The normalized spacial score (nSPS) is 21.3. The summed E-state index contributed by atoms with van der Waals surface area (Å²) in [6.45, 7) is 6.28. The number of hydrogen-bond acceptors (Lipinski definition) is 4. The molecule has 2 aromatic rings. The van der Waals surface area contributed by atoms with E-state index in [2.05, 4.69) is 46.5 Å². The van der Waals surface area contributed by atoms with Crippen molar-refractivity contribution in [2.24, 2.45) is 5.92 Å². The van der Waals surface area contributed by atoms with Crippen LogP contribution in [-0.4, -0.2) is 32.4 Å². The lowest BCUT2D eigenvalue weighted by molar-refractivity contribution is -0.121. The summed E-state index contributed by atoms with van der Waals surface area (Å²) < 4.78 is 0. The first-order chi connectivity index (χ1) is 12.6. The molecule has 1 aliphatic carbocycles.